The lowest BCUT2D eigenvalue weighted by molar-refractivity contribution is 0.544. The van der Waals surface area contributed by atoms with Crippen LogP contribution in [0.2, 0.25) is 0 Å². The summed E-state index contributed by atoms with van der Waals surface area (Å²) >= 11 is 0. The van der Waals surface area contributed by atoms with E-state index in [0.717, 1.165) is 0 Å². The Morgan fingerprint density at radius 3 is 1.57 bits per heavy atom. The molecule has 1 rings (SSSR count). The monoisotopic (exact) mass is 317 g/mol. The highest BCUT2D eigenvalue weighted by Crippen LogP contribution is 2.15. The Morgan fingerprint density at radius 2 is 1.13 bits per heavy atom. The maximum atomic E-state index is 5.88. The molecule has 1 nitrogen and oxygen atoms in total. The first-order valence-electron chi connectivity index (χ1n) is 10.1. The predicted octanol–water partition coefficient (Wildman–Crippen LogP) is 6.95. The summed E-state index contributed by atoms with van der Waals surface area (Å²) < 4.78 is 0. The van der Waals surface area contributed by atoms with Gasteiger partial charge >= 0.3 is 0 Å². The summed E-state index contributed by atoms with van der Waals surface area (Å²) in [7, 11) is 0. The lowest BCUT2D eigenvalue weighted by Crippen LogP contribution is -2.04. The SMILES string of the molecule is CCCCCCCCCCCCCCc1ccc([C@@H](C)N)cc1. The predicted molar refractivity (Wildman–Crippen MR) is 104 cm³/mol. The van der Waals surface area contributed by atoms with Crippen LogP contribution in [0.1, 0.15) is 108 Å². The van der Waals surface area contributed by atoms with Gasteiger partial charge in [0.15, 0.2) is 0 Å². The second-order valence-corrected chi connectivity index (χ2v) is 7.17. The van der Waals surface area contributed by atoms with Gasteiger partial charge in [-0.2, -0.15) is 0 Å². The maximum Gasteiger partial charge on any atom is 0.0266 e. The highest BCUT2D eigenvalue weighted by atomic mass is 14.6. The van der Waals surface area contributed by atoms with Crippen LogP contribution < -0.4 is 5.73 Å². The minimum absolute atomic E-state index is 0.149. The standard InChI is InChI=1S/C22H39N/c1-3-4-5-6-7-8-9-10-11-12-13-14-15-21-16-18-22(19-17-21)20(2)23/h16-20H,3-15,23H2,1-2H3/t20-/m1/s1. The number of nitrogens with two attached hydrogens (primary N) is 1. The van der Waals surface area contributed by atoms with E-state index in [4.69, 9.17) is 5.73 Å². The van der Waals surface area contributed by atoms with Gasteiger partial charge in [-0.25, -0.2) is 0 Å². The molecule has 23 heavy (non-hydrogen) atoms. The molecule has 0 aliphatic rings. The van der Waals surface area contributed by atoms with Gasteiger partial charge in [-0.15, -0.1) is 0 Å². The molecular weight excluding hydrogens is 278 g/mol. The molecule has 0 unspecified atom stereocenters. The summed E-state index contributed by atoms with van der Waals surface area (Å²) in [5.41, 5.74) is 8.58. The van der Waals surface area contributed by atoms with Crippen LogP contribution in [-0.2, 0) is 6.42 Å². The van der Waals surface area contributed by atoms with Crippen LogP contribution in [0.15, 0.2) is 24.3 Å². The first-order valence-corrected chi connectivity index (χ1v) is 10.1. The van der Waals surface area contributed by atoms with Crippen molar-refractivity contribution < 1.29 is 0 Å². The Bertz CT molecular complexity index is 366. The highest BCUT2D eigenvalue weighted by molar-refractivity contribution is 5.24. The van der Waals surface area contributed by atoms with E-state index >= 15 is 0 Å². The van der Waals surface area contributed by atoms with Crippen LogP contribution in [0.25, 0.3) is 0 Å². The highest BCUT2D eigenvalue weighted by Gasteiger charge is 1.99. The van der Waals surface area contributed by atoms with Crippen LogP contribution in [0, 0.1) is 0 Å². The fraction of sp³-hybridized carbons (Fsp3) is 0.727. The van der Waals surface area contributed by atoms with Crippen molar-refractivity contribution in [1.29, 1.82) is 0 Å². The van der Waals surface area contributed by atoms with Gasteiger partial charge in [-0.05, 0) is 30.9 Å². The van der Waals surface area contributed by atoms with Crippen LogP contribution >= 0.6 is 0 Å². The number of benzene rings is 1. The van der Waals surface area contributed by atoms with Gasteiger partial charge in [-0.3, -0.25) is 0 Å². The third-order valence-corrected chi connectivity index (χ3v) is 4.82. The van der Waals surface area contributed by atoms with E-state index in [1.165, 1.54) is 94.6 Å². The molecular formula is C22H39N. The lowest BCUT2D eigenvalue weighted by Gasteiger charge is -2.07. The van der Waals surface area contributed by atoms with Crippen molar-refractivity contribution in [2.75, 3.05) is 0 Å². The first-order chi connectivity index (χ1) is 11.2. The van der Waals surface area contributed by atoms with Gasteiger partial charge in [-0.1, -0.05) is 102 Å². The maximum absolute atomic E-state index is 5.88. The Hall–Kier alpha value is -0.820. The normalized spacial score (nSPS) is 12.5. The van der Waals surface area contributed by atoms with E-state index in [1.807, 2.05) is 6.92 Å². The van der Waals surface area contributed by atoms with Crippen molar-refractivity contribution in [3.8, 4) is 0 Å². The molecule has 1 atom stereocenters. The van der Waals surface area contributed by atoms with Crippen LogP contribution in [0.4, 0.5) is 0 Å². The Labute approximate surface area is 145 Å². The quantitative estimate of drug-likeness (QED) is 0.369. The van der Waals surface area contributed by atoms with Crippen molar-refractivity contribution >= 4 is 0 Å². The Balaban J connectivity index is 1.89. The van der Waals surface area contributed by atoms with Gasteiger partial charge in [0.1, 0.15) is 0 Å². The van der Waals surface area contributed by atoms with Gasteiger partial charge in [0.25, 0.3) is 0 Å². The van der Waals surface area contributed by atoms with E-state index in [0.29, 0.717) is 0 Å². The number of rotatable bonds is 14. The summed E-state index contributed by atoms with van der Waals surface area (Å²) in [6.45, 7) is 4.33. The second kappa shape index (κ2) is 13.6. The summed E-state index contributed by atoms with van der Waals surface area (Å²) in [6.07, 6.45) is 18.2. The molecule has 0 amide bonds. The molecule has 0 spiro atoms. The molecule has 0 saturated heterocycles. The number of hydrogen-bond donors (Lipinski definition) is 1. The van der Waals surface area contributed by atoms with Crippen molar-refractivity contribution in [3.05, 3.63) is 35.4 Å². The van der Waals surface area contributed by atoms with E-state index in [1.54, 1.807) is 0 Å². The van der Waals surface area contributed by atoms with Crippen LogP contribution in [0.5, 0.6) is 0 Å². The molecule has 0 fully saturated rings. The molecule has 1 heteroatoms. The molecule has 2 N–H and O–H groups in total. The summed E-state index contributed by atoms with van der Waals surface area (Å²) in [4.78, 5) is 0. The molecule has 0 heterocycles. The zero-order chi connectivity index (χ0) is 16.8. The van der Waals surface area contributed by atoms with Crippen molar-refractivity contribution in [2.45, 2.75) is 103 Å². The van der Waals surface area contributed by atoms with Crippen molar-refractivity contribution in [3.63, 3.8) is 0 Å². The molecule has 0 aromatic heterocycles. The minimum Gasteiger partial charge on any atom is -0.324 e. The zero-order valence-electron chi connectivity index (χ0n) is 15.7. The van der Waals surface area contributed by atoms with Gasteiger partial charge < -0.3 is 5.73 Å². The fourth-order valence-corrected chi connectivity index (χ4v) is 3.16. The summed E-state index contributed by atoms with van der Waals surface area (Å²) in [5, 5.41) is 0. The molecule has 0 bridgehead atoms. The van der Waals surface area contributed by atoms with Gasteiger partial charge in [0.2, 0.25) is 0 Å². The number of hydrogen-bond acceptors (Lipinski definition) is 1. The topological polar surface area (TPSA) is 26.0 Å². The largest absolute Gasteiger partial charge is 0.324 e. The van der Waals surface area contributed by atoms with E-state index in [2.05, 4.69) is 31.2 Å². The first kappa shape index (κ1) is 20.2. The Kier molecular flexibility index (Phi) is 12.0. The number of aryl methyl sites for hydroxylation is 1. The molecule has 0 aliphatic carbocycles. The molecule has 1 aromatic rings. The van der Waals surface area contributed by atoms with Crippen molar-refractivity contribution in [2.24, 2.45) is 5.73 Å². The average Bonchev–Trinajstić information content (AvgIpc) is 2.56. The number of unbranched alkanes of at least 4 members (excludes halogenated alkanes) is 11. The second-order valence-electron chi connectivity index (χ2n) is 7.17. The average molecular weight is 318 g/mol. The molecule has 132 valence electrons. The third-order valence-electron chi connectivity index (χ3n) is 4.82. The molecule has 0 saturated carbocycles. The van der Waals surface area contributed by atoms with E-state index in [9.17, 15) is 0 Å². The summed E-state index contributed by atoms with van der Waals surface area (Å²) in [5.74, 6) is 0. The van der Waals surface area contributed by atoms with E-state index in [-0.39, 0.29) is 6.04 Å². The third kappa shape index (κ3) is 10.5. The minimum atomic E-state index is 0.149. The molecule has 0 aliphatic heterocycles. The van der Waals surface area contributed by atoms with E-state index < -0.39 is 0 Å². The lowest BCUT2D eigenvalue weighted by atomic mass is 10.0. The summed E-state index contributed by atoms with van der Waals surface area (Å²) in [6, 6.07) is 9.01. The van der Waals surface area contributed by atoms with Crippen molar-refractivity contribution in [1.82, 2.24) is 0 Å². The van der Waals surface area contributed by atoms with Gasteiger partial charge in [0, 0.05) is 6.04 Å². The Morgan fingerprint density at radius 1 is 0.696 bits per heavy atom. The van der Waals surface area contributed by atoms with Gasteiger partial charge in [0.05, 0.1) is 0 Å². The van der Waals surface area contributed by atoms with Crippen LogP contribution in [0.3, 0.4) is 0 Å². The molecule has 0 radical (unpaired) electrons. The smallest absolute Gasteiger partial charge is 0.0266 e. The zero-order valence-corrected chi connectivity index (χ0v) is 15.7. The fourth-order valence-electron chi connectivity index (χ4n) is 3.16. The molecule has 1 aromatic carbocycles. The van der Waals surface area contributed by atoms with Crippen LogP contribution in [-0.4, -0.2) is 0 Å².